The zero-order valence-electron chi connectivity index (χ0n) is 16.4. The Morgan fingerprint density at radius 2 is 1.33 bits per heavy atom. The van der Waals surface area contributed by atoms with Gasteiger partial charge in [-0.05, 0) is 30.3 Å². The van der Waals surface area contributed by atoms with Crippen molar-refractivity contribution in [3.8, 4) is 28.5 Å². The predicted octanol–water partition coefficient (Wildman–Crippen LogP) is 4.22. The van der Waals surface area contributed by atoms with Crippen LogP contribution in [0.2, 0.25) is 0 Å². The lowest BCUT2D eigenvalue weighted by molar-refractivity contribution is 0.405. The second-order valence-electron chi connectivity index (χ2n) is 6.39. The molecule has 0 aliphatic rings. The Labute approximate surface area is 174 Å². The molecule has 4 aromatic rings. The van der Waals surface area contributed by atoms with Gasteiger partial charge in [0.25, 0.3) is 5.43 Å². The van der Waals surface area contributed by atoms with Crippen molar-refractivity contribution in [2.24, 2.45) is 0 Å². The lowest BCUT2D eigenvalue weighted by Crippen LogP contribution is -2.17. The highest BCUT2D eigenvalue weighted by Gasteiger charge is 2.17. The minimum atomic E-state index is -0.297. The van der Waals surface area contributed by atoms with Crippen molar-refractivity contribution in [2.45, 2.75) is 0 Å². The maximum absolute atomic E-state index is 13.0. The van der Waals surface area contributed by atoms with Crippen LogP contribution in [-0.4, -0.2) is 26.7 Å². The van der Waals surface area contributed by atoms with Crippen LogP contribution in [0, 0.1) is 0 Å². The first kappa shape index (κ1) is 19.1. The monoisotopic (exact) mass is 396 g/mol. The minimum Gasteiger partial charge on any atom is -0.491 e. The number of hydrogen-bond donors (Lipinski definition) is 0. The molecule has 0 radical (unpaired) electrons. The molecule has 6 heteroatoms. The topological polar surface area (TPSA) is 61.9 Å². The Morgan fingerprint density at radius 3 is 1.97 bits per heavy atom. The fourth-order valence-electron chi connectivity index (χ4n) is 3.01. The molecular formula is C24H20N4O2. The van der Waals surface area contributed by atoms with Gasteiger partial charge in [0.2, 0.25) is 0 Å². The molecule has 0 fully saturated rings. The summed E-state index contributed by atoms with van der Waals surface area (Å²) in [4.78, 5) is 13.0. The van der Waals surface area contributed by atoms with E-state index in [2.05, 4.69) is 10.2 Å². The first-order valence-electron chi connectivity index (χ1n) is 9.44. The molecule has 2 aromatic heterocycles. The van der Waals surface area contributed by atoms with Crippen LogP contribution in [0.25, 0.3) is 22.8 Å². The number of rotatable bonds is 4. The summed E-state index contributed by atoms with van der Waals surface area (Å²) in [6.45, 7) is 0. The van der Waals surface area contributed by atoms with Crippen LogP contribution in [0.4, 0.5) is 0 Å². The van der Waals surface area contributed by atoms with Crippen LogP contribution in [0.5, 0.6) is 5.75 Å². The zero-order chi connectivity index (χ0) is 20.8. The average Bonchev–Trinajstić information content (AvgIpc) is 3.28. The molecule has 0 spiro atoms. The highest BCUT2D eigenvalue weighted by Crippen LogP contribution is 2.20. The Kier molecular flexibility index (Phi) is 5.66. The molecule has 30 heavy (non-hydrogen) atoms. The molecule has 4 rings (SSSR count). The van der Waals surface area contributed by atoms with Gasteiger partial charge in [0.15, 0.2) is 11.4 Å². The standard InChI is InChI=1S/C24H20N4O2/c1-30-22-18-27(19-12-8-5-3-2-4-6-9-13-19)26-23(24(22)29)21-16-17-25-28(21)20-14-10-7-11-15-20/h2-18H,1H3. The Balaban J connectivity index is 1.93. The molecule has 2 aromatic carbocycles. The highest BCUT2D eigenvalue weighted by atomic mass is 16.5. The number of hydrogen-bond acceptors (Lipinski definition) is 4. The molecule has 0 amide bonds. The van der Waals surface area contributed by atoms with Gasteiger partial charge in [0.05, 0.1) is 36.6 Å². The van der Waals surface area contributed by atoms with Crippen molar-refractivity contribution in [3.63, 3.8) is 0 Å². The van der Waals surface area contributed by atoms with Gasteiger partial charge in [-0.3, -0.25) is 4.79 Å². The van der Waals surface area contributed by atoms with Crippen LogP contribution in [0.15, 0.2) is 108 Å². The fourth-order valence-corrected chi connectivity index (χ4v) is 3.01. The summed E-state index contributed by atoms with van der Waals surface area (Å²) < 4.78 is 8.69. The summed E-state index contributed by atoms with van der Waals surface area (Å²) in [6, 6.07) is 28.7. The van der Waals surface area contributed by atoms with Crippen LogP contribution in [-0.2, 0) is 0 Å². The van der Waals surface area contributed by atoms with E-state index in [1.54, 1.807) is 27.8 Å². The molecular weight excluding hydrogens is 376 g/mol. The first-order chi connectivity index (χ1) is 14.8. The number of benzene rings is 1. The third-order valence-corrected chi connectivity index (χ3v) is 4.46. The largest absolute Gasteiger partial charge is 0.491 e. The predicted molar refractivity (Wildman–Crippen MR) is 117 cm³/mol. The second kappa shape index (κ2) is 8.87. The van der Waals surface area contributed by atoms with Gasteiger partial charge in [-0.1, -0.05) is 60.7 Å². The molecule has 0 saturated carbocycles. The minimum absolute atomic E-state index is 0.201. The number of aromatic nitrogens is 4. The highest BCUT2D eigenvalue weighted by molar-refractivity contribution is 5.59. The second-order valence-corrected chi connectivity index (χ2v) is 6.39. The van der Waals surface area contributed by atoms with Gasteiger partial charge >= 0.3 is 0 Å². The molecule has 0 aliphatic carbocycles. The Hall–Kier alpha value is -4.19. The van der Waals surface area contributed by atoms with Crippen molar-refractivity contribution in [2.75, 3.05) is 7.11 Å². The van der Waals surface area contributed by atoms with Crippen molar-refractivity contribution in [3.05, 3.63) is 114 Å². The van der Waals surface area contributed by atoms with E-state index >= 15 is 0 Å². The van der Waals surface area contributed by atoms with E-state index in [1.165, 1.54) is 7.11 Å². The van der Waals surface area contributed by atoms with Gasteiger partial charge in [-0.25, -0.2) is 9.36 Å². The van der Waals surface area contributed by atoms with Gasteiger partial charge < -0.3 is 4.74 Å². The molecule has 0 atom stereocenters. The number of nitrogens with zero attached hydrogens (tertiary/aromatic N) is 4. The lowest BCUT2D eigenvalue weighted by Gasteiger charge is -2.11. The van der Waals surface area contributed by atoms with Crippen LogP contribution >= 0.6 is 0 Å². The van der Waals surface area contributed by atoms with Crippen molar-refractivity contribution in [1.82, 2.24) is 19.6 Å². The Morgan fingerprint density at radius 1 is 0.767 bits per heavy atom. The zero-order valence-corrected chi connectivity index (χ0v) is 16.4. The van der Waals surface area contributed by atoms with E-state index in [0.717, 1.165) is 11.4 Å². The van der Waals surface area contributed by atoms with Gasteiger partial charge in [-0.2, -0.15) is 10.2 Å². The Bertz CT molecular complexity index is 1240. The van der Waals surface area contributed by atoms with Crippen molar-refractivity contribution < 1.29 is 4.74 Å². The van der Waals surface area contributed by atoms with Crippen molar-refractivity contribution in [1.29, 1.82) is 0 Å². The molecule has 148 valence electrons. The van der Waals surface area contributed by atoms with Crippen LogP contribution in [0.1, 0.15) is 0 Å². The molecule has 2 heterocycles. The summed E-state index contributed by atoms with van der Waals surface area (Å²) in [7, 11) is 1.48. The summed E-state index contributed by atoms with van der Waals surface area (Å²) >= 11 is 0. The van der Waals surface area contributed by atoms with Gasteiger partial charge in [-0.15, -0.1) is 0 Å². The summed E-state index contributed by atoms with van der Waals surface area (Å²) in [5.74, 6) is 0.201. The maximum Gasteiger partial charge on any atom is 0.251 e. The summed E-state index contributed by atoms with van der Waals surface area (Å²) in [6.07, 6.45) is 3.24. The molecule has 0 saturated heterocycles. The van der Waals surface area contributed by atoms with E-state index < -0.39 is 0 Å². The van der Waals surface area contributed by atoms with Crippen LogP contribution < -0.4 is 10.2 Å². The molecule has 0 aliphatic heterocycles. The SMILES string of the molecule is COc1cn(-c2ccccccccc2)nc(-c2ccnn2-c2ccccc2)c1=O. The maximum atomic E-state index is 13.0. The van der Waals surface area contributed by atoms with E-state index in [9.17, 15) is 4.79 Å². The quantitative estimate of drug-likeness (QED) is 0.518. The molecule has 0 bridgehead atoms. The van der Waals surface area contributed by atoms with Gasteiger partial charge in [0.1, 0.15) is 0 Å². The lowest BCUT2D eigenvalue weighted by atomic mass is 10.2. The van der Waals surface area contributed by atoms with E-state index in [4.69, 9.17) is 4.74 Å². The third kappa shape index (κ3) is 3.98. The third-order valence-electron chi connectivity index (χ3n) is 4.46. The van der Waals surface area contributed by atoms with E-state index in [1.807, 2.05) is 84.9 Å². The average molecular weight is 396 g/mol. The number of para-hydroxylation sites is 1. The summed E-state index contributed by atoms with van der Waals surface area (Å²) in [5.41, 5.74) is 2.15. The van der Waals surface area contributed by atoms with Crippen LogP contribution in [0.3, 0.4) is 0 Å². The molecule has 0 N–H and O–H groups in total. The van der Waals surface area contributed by atoms with E-state index in [-0.39, 0.29) is 16.9 Å². The molecule has 6 nitrogen and oxygen atoms in total. The smallest absolute Gasteiger partial charge is 0.251 e. The molecule has 0 unspecified atom stereocenters. The van der Waals surface area contributed by atoms with Gasteiger partial charge in [0, 0.05) is 0 Å². The number of ether oxygens (including phenoxy) is 1. The summed E-state index contributed by atoms with van der Waals surface area (Å²) in [5, 5.41) is 9.01. The normalized spacial score (nSPS) is 10.3. The number of methoxy groups -OCH3 is 1. The first-order valence-corrected chi connectivity index (χ1v) is 9.44. The van der Waals surface area contributed by atoms with Crippen molar-refractivity contribution >= 4 is 0 Å². The van der Waals surface area contributed by atoms with E-state index in [0.29, 0.717) is 5.69 Å². The fraction of sp³-hybridized carbons (Fsp3) is 0.0417.